The van der Waals surface area contributed by atoms with Crippen LogP contribution < -0.4 is 0 Å². The predicted molar refractivity (Wildman–Crippen MR) is 92.3 cm³/mol. The molecule has 0 aliphatic heterocycles. The Morgan fingerprint density at radius 3 is 2.17 bits per heavy atom. The lowest BCUT2D eigenvalue weighted by Gasteiger charge is -2.05. The maximum atomic E-state index is 11.6. The van der Waals surface area contributed by atoms with Gasteiger partial charge < -0.3 is 0 Å². The van der Waals surface area contributed by atoms with Crippen molar-refractivity contribution in [2.75, 3.05) is 6.26 Å². The Bertz CT molecular complexity index is 1030. The Morgan fingerprint density at radius 1 is 1.04 bits per heavy atom. The second-order valence-electron chi connectivity index (χ2n) is 5.24. The van der Waals surface area contributed by atoms with Crippen molar-refractivity contribution in [2.45, 2.75) is 4.90 Å². The maximum Gasteiger partial charge on any atom is 0.175 e. The molecule has 1 N–H and O–H groups in total. The first-order chi connectivity index (χ1) is 11.4. The highest BCUT2D eigenvalue weighted by Gasteiger charge is 2.17. The lowest BCUT2D eigenvalue weighted by atomic mass is 9.99. The number of sulfone groups is 1. The van der Waals surface area contributed by atoms with Crippen LogP contribution in [0.3, 0.4) is 0 Å². The van der Waals surface area contributed by atoms with Gasteiger partial charge in [0, 0.05) is 22.4 Å². The largest absolute Gasteiger partial charge is 0.267 e. The number of nitrogens with zero attached hydrogens (tertiary/aromatic N) is 2. The molecule has 7 heteroatoms. The zero-order valence-electron chi connectivity index (χ0n) is 12.6. The molecule has 0 saturated heterocycles. The van der Waals surface area contributed by atoms with Crippen molar-refractivity contribution in [3.05, 3.63) is 59.2 Å². The number of hydrogen-bond donors (Lipinski definition) is 1. The molecule has 0 spiro atoms. The molecular weight excluding hydrogens is 346 g/mol. The standard InChI is InChI=1S/C17H12ClN3O2S/c1-24(22,23)14-8-4-12(5-9-14)17-16(15(10-19)20-21-17)11-2-6-13(18)7-3-11/h2-9H,1H3,(H,20,21). The van der Waals surface area contributed by atoms with Crippen molar-refractivity contribution >= 4 is 21.4 Å². The third-order valence-electron chi connectivity index (χ3n) is 3.57. The van der Waals surface area contributed by atoms with Gasteiger partial charge in [0.2, 0.25) is 0 Å². The summed E-state index contributed by atoms with van der Waals surface area (Å²) in [6.07, 6.45) is 1.16. The number of aromatic amines is 1. The molecule has 3 aromatic rings. The first kappa shape index (κ1) is 16.2. The van der Waals surface area contributed by atoms with Crippen LogP contribution in [-0.4, -0.2) is 24.9 Å². The summed E-state index contributed by atoms with van der Waals surface area (Å²) >= 11 is 5.92. The Labute approximate surface area is 144 Å². The van der Waals surface area contributed by atoms with E-state index < -0.39 is 9.84 Å². The van der Waals surface area contributed by atoms with E-state index in [0.29, 0.717) is 27.5 Å². The Kier molecular flexibility index (Phi) is 4.14. The number of H-pyrrole nitrogens is 1. The zero-order valence-corrected chi connectivity index (χ0v) is 14.2. The van der Waals surface area contributed by atoms with Gasteiger partial charge >= 0.3 is 0 Å². The number of benzene rings is 2. The van der Waals surface area contributed by atoms with E-state index in [1.165, 1.54) is 12.1 Å². The molecule has 3 rings (SSSR count). The minimum atomic E-state index is -3.26. The van der Waals surface area contributed by atoms with Gasteiger partial charge in [0.05, 0.1) is 4.90 Å². The molecule has 0 radical (unpaired) electrons. The van der Waals surface area contributed by atoms with Gasteiger partial charge in [0.25, 0.3) is 0 Å². The van der Waals surface area contributed by atoms with E-state index in [1.54, 1.807) is 24.3 Å². The highest BCUT2D eigenvalue weighted by Crippen LogP contribution is 2.33. The molecule has 5 nitrogen and oxygen atoms in total. The van der Waals surface area contributed by atoms with Crippen LogP contribution in [0.25, 0.3) is 22.4 Å². The summed E-state index contributed by atoms with van der Waals surface area (Å²) in [5, 5.41) is 16.9. The van der Waals surface area contributed by atoms with Crippen LogP contribution in [0.2, 0.25) is 5.02 Å². The van der Waals surface area contributed by atoms with Crippen molar-refractivity contribution in [1.29, 1.82) is 5.26 Å². The molecule has 0 amide bonds. The van der Waals surface area contributed by atoms with E-state index >= 15 is 0 Å². The second kappa shape index (κ2) is 6.11. The third kappa shape index (κ3) is 3.04. The van der Waals surface area contributed by atoms with E-state index in [2.05, 4.69) is 16.3 Å². The van der Waals surface area contributed by atoms with Crippen LogP contribution in [0.15, 0.2) is 53.4 Å². The summed E-state index contributed by atoms with van der Waals surface area (Å²) in [5.74, 6) is 0. The van der Waals surface area contributed by atoms with Gasteiger partial charge in [0.1, 0.15) is 17.5 Å². The molecule has 0 fully saturated rings. The van der Waals surface area contributed by atoms with Gasteiger partial charge in [-0.2, -0.15) is 10.4 Å². The molecule has 0 aliphatic rings. The van der Waals surface area contributed by atoms with Crippen molar-refractivity contribution in [2.24, 2.45) is 0 Å². The van der Waals surface area contributed by atoms with Gasteiger partial charge in [-0.05, 0) is 29.8 Å². The van der Waals surface area contributed by atoms with Crippen molar-refractivity contribution in [3.63, 3.8) is 0 Å². The van der Waals surface area contributed by atoms with Crippen LogP contribution in [-0.2, 0) is 9.84 Å². The summed E-state index contributed by atoms with van der Waals surface area (Å²) in [6.45, 7) is 0. The quantitative estimate of drug-likeness (QED) is 0.774. The van der Waals surface area contributed by atoms with Gasteiger partial charge in [-0.3, -0.25) is 5.10 Å². The highest BCUT2D eigenvalue weighted by molar-refractivity contribution is 7.90. The molecule has 0 aliphatic carbocycles. The maximum absolute atomic E-state index is 11.6. The fraction of sp³-hybridized carbons (Fsp3) is 0.0588. The van der Waals surface area contributed by atoms with E-state index in [-0.39, 0.29) is 4.90 Å². The summed E-state index contributed by atoms with van der Waals surface area (Å²) in [7, 11) is -3.26. The summed E-state index contributed by atoms with van der Waals surface area (Å²) in [5.41, 5.74) is 3.08. The van der Waals surface area contributed by atoms with Crippen molar-refractivity contribution in [1.82, 2.24) is 10.2 Å². The molecule has 0 unspecified atom stereocenters. The number of hydrogen-bond acceptors (Lipinski definition) is 4. The summed E-state index contributed by atoms with van der Waals surface area (Å²) in [4.78, 5) is 0.232. The average molecular weight is 358 g/mol. The lowest BCUT2D eigenvalue weighted by molar-refractivity contribution is 0.602. The van der Waals surface area contributed by atoms with Gasteiger partial charge in [-0.1, -0.05) is 35.9 Å². The SMILES string of the molecule is CS(=O)(=O)c1ccc(-c2n[nH]c(C#N)c2-c2ccc(Cl)cc2)cc1. The van der Waals surface area contributed by atoms with Gasteiger partial charge in [-0.15, -0.1) is 0 Å². The van der Waals surface area contributed by atoms with E-state index in [9.17, 15) is 13.7 Å². The molecule has 0 atom stereocenters. The van der Waals surface area contributed by atoms with Crippen LogP contribution >= 0.6 is 11.6 Å². The Morgan fingerprint density at radius 2 is 1.62 bits per heavy atom. The van der Waals surface area contributed by atoms with Crippen LogP contribution in [0.5, 0.6) is 0 Å². The Hall–Kier alpha value is -2.62. The van der Waals surface area contributed by atoms with E-state index in [1.807, 2.05) is 12.1 Å². The van der Waals surface area contributed by atoms with Crippen LogP contribution in [0.1, 0.15) is 5.69 Å². The molecule has 120 valence electrons. The van der Waals surface area contributed by atoms with Crippen molar-refractivity contribution in [3.8, 4) is 28.5 Å². The number of nitrogens with one attached hydrogen (secondary N) is 1. The lowest BCUT2D eigenvalue weighted by Crippen LogP contribution is -1.96. The number of halogens is 1. The molecule has 24 heavy (non-hydrogen) atoms. The first-order valence-corrected chi connectivity index (χ1v) is 9.22. The minimum absolute atomic E-state index is 0.232. The fourth-order valence-corrected chi connectivity index (χ4v) is 3.15. The van der Waals surface area contributed by atoms with Gasteiger partial charge in [0.15, 0.2) is 9.84 Å². The molecule has 1 aromatic heterocycles. The second-order valence-corrected chi connectivity index (χ2v) is 7.69. The number of aromatic nitrogens is 2. The zero-order chi connectivity index (χ0) is 17.3. The first-order valence-electron chi connectivity index (χ1n) is 6.95. The molecule has 0 bridgehead atoms. The Balaban J connectivity index is 2.14. The highest BCUT2D eigenvalue weighted by atomic mass is 35.5. The van der Waals surface area contributed by atoms with Crippen LogP contribution in [0.4, 0.5) is 0 Å². The predicted octanol–water partition coefficient (Wildman–Crippen LogP) is 3.67. The minimum Gasteiger partial charge on any atom is -0.267 e. The monoisotopic (exact) mass is 357 g/mol. The smallest absolute Gasteiger partial charge is 0.175 e. The van der Waals surface area contributed by atoms with E-state index in [0.717, 1.165) is 11.8 Å². The van der Waals surface area contributed by atoms with Crippen LogP contribution in [0, 0.1) is 11.3 Å². The molecule has 2 aromatic carbocycles. The fourth-order valence-electron chi connectivity index (χ4n) is 2.39. The topological polar surface area (TPSA) is 86.6 Å². The molecule has 1 heterocycles. The summed E-state index contributed by atoms with van der Waals surface area (Å²) < 4.78 is 23.1. The molecule has 0 saturated carbocycles. The van der Waals surface area contributed by atoms with Crippen molar-refractivity contribution < 1.29 is 8.42 Å². The number of rotatable bonds is 3. The molecular formula is C17H12ClN3O2S. The van der Waals surface area contributed by atoms with E-state index in [4.69, 9.17) is 11.6 Å². The van der Waals surface area contributed by atoms with Gasteiger partial charge in [-0.25, -0.2) is 8.42 Å². The summed E-state index contributed by atoms with van der Waals surface area (Å²) in [6, 6.07) is 15.6. The average Bonchev–Trinajstić information content (AvgIpc) is 2.99. The number of nitriles is 1. The third-order valence-corrected chi connectivity index (χ3v) is 4.95. The normalized spacial score (nSPS) is 11.2.